The zero-order chi connectivity index (χ0) is 20.6. The molecule has 7 nitrogen and oxygen atoms in total. The van der Waals surface area contributed by atoms with Gasteiger partial charge in [0.25, 0.3) is 0 Å². The summed E-state index contributed by atoms with van der Waals surface area (Å²) in [5, 5.41) is 4.53. The van der Waals surface area contributed by atoms with Gasteiger partial charge in [0.1, 0.15) is 23.8 Å². The molecular weight excluding hydrogens is 386 g/mol. The number of fused-ring (bicyclic) bond motifs is 1. The summed E-state index contributed by atoms with van der Waals surface area (Å²) in [6.45, 7) is 8.64. The molecule has 0 bridgehead atoms. The van der Waals surface area contributed by atoms with E-state index >= 15 is 0 Å². The minimum Gasteiger partial charge on any atom is -0.492 e. The molecule has 29 heavy (non-hydrogen) atoms. The molecule has 2 N–H and O–H groups in total. The Labute approximate surface area is 173 Å². The monoisotopic (exact) mass is 409 g/mol. The van der Waals surface area contributed by atoms with Crippen LogP contribution >= 0.6 is 11.8 Å². The number of ether oxygens (including phenoxy) is 1. The number of pyridine rings is 1. The number of carbonyl (C=O) groups excluding carboxylic acids is 1. The average Bonchev–Trinajstić information content (AvgIpc) is 3.10. The first-order valence-electron chi connectivity index (χ1n) is 9.30. The SMILES string of the molecule is C=C(C=CC)OCCNc1nc(Sc2cccnc2)nc2[nH]c(CC)c(C=O)c12. The first-order valence-corrected chi connectivity index (χ1v) is 10.1. The molecular formula is C21H23N5O2S. The maximum Gasteiger partial charge on any atom is 0.196 e. The highest BCUT2D eigenvalue weighted by Gasteiger charge is 2.18. The molecule has 0 aliphatic heterocycles. The van der Waals surface area contributed by atoms with E-state index in [0.717, 1.165) is 16.9 Å². The third-order valence-electron chi connectivity index (χ3n) is 4.10. The Morgan fingerprint density at radius 3 is 2.97 bits per heavy atom. The highest BCUT2D eigenvalue weighted by atomic mass is 32.2. The van der Waals surface area contributed by atoms with E-state index < -0.39 is 0 Å². The van der Waals surface area contributed by atoms with E-state index in [1.165, 1.54) is 11.8 Å². The van der Waals surface area contributed by atoms with E-state index in [0.29, 0.717) is 52.9 Å². The molecule has 0 radical (unpaired) electrons. The summed E-state index contributed by atoms with van der Waals surface area (Å²) in [6.07, 6.45) is 8.70. The van der Waals surface area contributed by atoms with Crippen LogP contribution in [0.3, 0.4) is 0 Å². The molecule has 3 aromatic rings. The summed E-state index contributed by atoms with van der Waals surface area (Å²) >= 11 is 1.41. The summed E-state index contributed by atoms with van der Waals surface area (Å²) in [4.78, 5) is 29.3. The number of H-pyrrole nitrogens is 1. The molecule has 0 amide bonds. The predicted octanol–water partition coefficient (Wildman–Crippen LogP) is 4.40. The van der Waals surface area contributed by atoms with Gasteiger partial charge in [-0.05, 0) is 43.3 Å². The Morgan fingerprint density at radius 1 is 1.41 bits per heavy atom. The van der Waals surface area contributed by atoms with Crippen molar-refractivity contribution in [1.29, 1.82) is 0 Å². The number of aromatic nitrogens is 4. The number of carbonyl (C=O) groups is 1. The van der Waals surface area contributed by atoms with Crippen molar-refractivity contribution in [3.05, 3.63) is 60.3 Å². The van der Waals surface area contributed by atoms with Gasteiger partial charge in [0.05, 0.1) is 11.9 Å². The standard InChI is InChI=1S/C21H23N5O2S/c1-4-7-14(3)28-11-10-23-19-18-16(13-27)17(5-2)24-20(18)26-21(25-19)29-15-8-6-9-22-12-15/h4,6-9,12-13H,3,5,10-11H2,1-2H3,(H2,23,24,25,26). The molecule has 0 spiro atoms. The molecule has 3 heterocycles. The number of hydrogen-bond acceptors (Lipinski definition) is 7. The Morgan fingerprint density at radius 2 is 2.28 bits per heavy atom. The molecule has 0 atom stereocenters. The van der Waals surface area contributed by atoms with Gasteiger partial charge in [-0.3, -0.25) is 9.78 Å². The molecule has 8 heteroatoms. The lowest BCUT2D eigenvalue weighted by Gasteiger charge is -2.10. The fourth-order valence-corrected chi connectivity index (χ4v) is 3.57. The molecule has 0 unspecified atom stereocenters. The number of nitrogens with zero attached hydrogens (tertiary/aromatic N) is 3. The lowest BCUT2D eigenvalue weighted by molar-refractivity contribution is 0.112. The van der Waals surface area contributed by atoms with E-state index in [4.69, 9.17) is 4.74 Å². The smallest absolute Gasteiger partial charge is 0.196 e. The minimum absolute atomic E-state index is 0.418. The quantitative estimate of drug-likeness (QED) is 0.169. The molecule has 0 saturated heterocycles. The number of hydrogen-bond donors (Lipinski definition) is 2. The maximum absolute atomic E-state index is 11.7. The van der Waals surface area contributed by atoms with Crippen molar-refractivity contribution in [3.63, 3.8) is 0 Å². The summed E-state index contributed by atoms with van der Waals surface area (Å²) in [6, 6.07) is 3.81. The van der Waals surface area contributed by atoms with Crippen LogP contribution in [0.1, 0.15) is 29.9 Å². The second-order valence-corrected chi connectivity index (χ2v) is 7.14. The summed E-state index contributed by atoms with van der Waals surface area (Å²) < 4.78 is 5.55. The Balaban J connectivity index is 1.90. The number of aldehydes is 1. The van der Waals surface area contributed by atoms with Gasteiger partial charge in [-0.25, -0.2) is 9.97 Å². The van der Waals surface area contributed by atoms with Crippen LogP contribution in [0.15, 0.2) is 59.1 Å². The highest BCUT2D eigenvalue weighted by Crippen LogP contribution is 2.31. The van der Waals surface area contributed by atoms with Gasteiger partial charge in [0.2, 0.25) is 0 Å². The number of aryl methyl sites for hydroxylation is 1. The second kappa shape index (κ2) is 9.88. The minimum atomic E-state index is 0.418. The first kappa shape index (κ1) is 20.6. The lowest BCUT2D eigenvalue weighted by Crippen LogP contribution is -2.11. The Kier molecular flexibility index (Phi) is 7.02. The van der Waals surface area contributed by atoms with Crippen LogP contribution in [0.25, 0.3) is 11.0 Å². The number of rotatable bonds is 10. The fourth-order valence-electron chi connectivity index (χ4n) is 2.83. The van der Waals surface area contributed by atoms with E-state index in [1.54, 1.807) is 18.5 Å². The van der Waals surface area contributed by atoms with E-state index in [1.807, 2.05) is 32.1 Å². The van der Waals surface area contributed by atoms with E-state index in [-0.39, 0.29) is 0 Å². The summed E-state index contributed by atoms with van der Waals surface area (Å²) in [5.74, 6) is 1.19. The third kappa shape index (κ3) is 5.03. The first-order chi connectivity index (χ1) is 14.2. The van der Waals surface area contributed by atoms with Crippen LogP contribution in [0.4, 0.5) is 5.82 Å². The number of aromatic amines is 1. The van der Waals surface area contributed by atoms with Gasteiger partial charge >= 0.3 is 0 Å². The van der Waals surface area contributed by atoms with Crippen LogP contribution < -0.4 is 5.32 Å². The van der Waals surface area contributed by atoms with Crippen molar-refractivity contribution < 1.29 is 9.53 Å². The molecule has 150 valence electrons. The van der Waals surface area contributed by atoms with Crippen molar-refractivity contribution in [2.24, 2.45) is 0 Å². The van der Waals surface area contributed by atoms with E-state index in [2.05, 4.69) is 31.8 Å². The lowest BCUT2D eigenvalue weighted by atomic mass is 10.1. The van der Waals surface area contributed by atoms with Gasteiger partial charge in [-0.1, -0.05) is 19.6 Å². The van der Waals surface area contributed by atoms with Crippen LogP contribution in [-0.4, -0.2) is 39.4 Å². The topological polar surface area (TPSA) is 92.8 Å². The number of allylic oxidation sites excluding steroid dienone is 2. The van der Waals surface area contributed by atoms with Gasteiger partial charge in [0.15, 0.2) is 11.4 Å². The van der Waals surface area contributed by atoms with Gasteiger partial charge in [-0.15, -0.1) is 0 Å². The third-order valence-corrected chi connectivity index (χ3v) is 4.94. The average molecular weight is 410 g/mol. The molecule has 0 fully saturated rings. The van der Waals surface area contributed by atoms with Crippen LogP contribution in [0.5, 0.6) is 0 Å². The van der Waals surface area contributed by atoms with Crippen molar-refractivity contribution >= 4 is 34.9 Å². The molecule has 0 saturated carbocycles. The number of anilines is 1. The van der Waals surface area contributed by atoms with Gasteiger partial charge < -0.3 is 15.0 Å². The molecule has 0 aliphatic rings. The Hall–Kier alpha value is -3.13. The summed E-state index contributed by atoms with van der Waals surface area (Å²) in [7, 11) is 0. The van der Waals surface area contributed by atoms with Gasteiger partial charge in [-0.2, -0.15) is 0 Å². The molecule has 3 aromatic heterocycles. The van der Waals surface area contributed by atoms with Crippen LogP contribution in [-0.2, 0) is 11.2 Å². The molecule has 3 rings (SSSR count). The summed E-state index contributed by atoms with van der Waals surface area (Å²) in [5.41, 5.74) is 2.06. The fraction of sp³-hybridized carbons (Fsp3) is 0.238. The zero-order valence-corrected chi connectivity index (χ0v) is 17.3. The second-order valence-electron chi connectivity index (χ2n) is 6.10. The van der Waals surface area contributed by atoms with Crippen molar-refractivity contribution in [2.75, 3.05) is 18.5 Å². The Bertz CT molecular complexity index is 1030. The normalized spacial score (nSPS) is 11.1. The van der Waals surface area contributed by atoms with Crippen LogP contribution in [0.2, 0.25) is 0 Å². The van der Waals surface area contributed by atoms with Gasteiger partial charge in [0, 0.05) is 28.5 Å². The molecule has 0 aromatic carbocycles. The largest absolute Gasteiger partial charge is 0.492 e. The van der Waals surface area contributed by atoms with Crippen molar-refractivity contribution in [1.82, 2.24) is 19.9 Å². The highest BCUT2D eigenvalue weighted by molar-refractivity contribution is 7.99. The van der Waals surface area contributed by atoms with Crippen LogP contribution in [0, 0.1) is 0 Å². The van der Waals surface area contributed by atoms with Crippen molar-refractivity contribution in [3.8, 4) is 0 Å². The molecule has 0 aliphatic carbocycles. The maximum atomic E-state index is 11.7. The van der Waals surface area contributed by atoms with Crippen molar-refractivity contribution in [2.45, 2.75) is 30.3 Å². The zero-order valence-electron chi connectivity index (χ0n) is 16.4. The van der Waals surface area contributed by atoms with E-state index in [9.17, 15) is 4.79 Å². The number of nitrogens with one attached hydrogen (secondary N) is 2. The predicted molar refractivity (Wildman–Crippen MR) is 115 cm³/mol.